The van der Waals surface area contributed by atoms with Crippen molar-refractivity contribution < 1.29 is 18.7 Å². The summed E-state index contributed by atoms with van der Waals surface area (Å²) in [5, 5.41) is 3.21. The predicted molar refractivity (Wildman–Crippen MR) is 103 cm³/mol. The maximum Gasteiger partial charge on any atom is 0.414 e. The smallest absolute Gasteiger partial charge is 0.414 e. The molecule has 6 heteroatoms. The van der Waals surface area contributed by atoms with Crippen LogP contribution in [0.3, 0.4) is 0 Å². The van der Waals surface area contributed by atoms with E-state index in [4.69, 9.17) is 4.74 Å². The minimum atomic E-state index is -0.677. The van der Waals surface area contributed by atoms with Crippen molar-refractivity contribution in [3.63, 3.8) is 0 Å². The van der Waals surface area contributed by atoms with Gasteiger partial charge in [0.15, 0.2) is 5.78 Å². The molecule has 1 amide bonds. The molecule has 0 saturated heterocycles. The number of nitrogens with one attached hydrogen (secondary N) is 1. The van der Waals surface area contributed by atoms with Crippen LogP contribution < -0.4 is 10.2 Å². The molecule has 3 rings (SSSR count). The fraction of sp³-hybridized carbons (Fsp3) is 0.333. The Morgan fingerprint density at radius 3 is 2.41 bits per heavy atom. The monoisotopic (exact) mass is 370 g/mol. The average Bonchev–Trinajstić information content (AvgIpc) is 2.66. The van der Waals surface area contributed by atoms with E-state index >= 15 is 0 Å². The van der Waals surface area contributed by atoms with Gasteiger partial charge in [-0.05, 0) is 56.2 Å². The van der Waals surface area contributed by atoms with Crippen molar-refractivity contribution >= 4 is 28.9 Å². The van der Waals surface area contributed by atoms with Gasteiger partial charge in [0.25, 0.3) is 0 Å². The summed E-state index contributed by atoms with van der Waals surface area (Å²) in [7, 11) is 1.68. The van der Waals surface area contributed by atoms with Crippen LogP contribution in [-0.4, -0.2) is 18.9 Å². The van der Waals surface area contributed by atoms with E-state index in [-0.39, 0.29) is 17.4 Å². The molecule has 2 aromatic rings. The molecule has 2 aromatic carbocycles. The van der Waals surface area contributed by atoms with Crippen LogP contribution in [0.4, 0.5) is 26.2 Å². The number of carbonyl (C=O) groups excluding carboxylic acids is 2. The lowest BCUT2D eigenvalue weighted by Crippen LogP contribution is -2.43. The SMILES string of the molecule is CCC1(CC)OC(=O)N(C)c2ccc(Nc3ccc(F)c(C(C)=O)c3)cc21. The first kappa shape index (κ1) is 18.9. The molecule has 0 aromatic heterocycles. The first-order chi connectivity index (χ1) is 12.8. The number of hydrogen-bond donors (Lipinski definition) is 1. The fourth-order valence-corrected chi connectivity index (χ4v) is 3.47. The van der Waals surface area contributed by atoms with Gasteiger partial charge in [0.2, 0.25) is 0 Å². The average molecular weight is 370 g/mol. The lowest BCUT2D eigenvalue weighted by Gasteiger charge is -2.41. The molecule has 0 radical (unpaired) electrons. The highest BCUT2D eigenvalue weighted by atomic mass is 19.1. The van der Waals surface area contributed by atoms with Crippen molar-refractivity contribution in [3.8, 4) is 0 Å². The second-order valence-corrected chi connectivity index (χ2v) is 6.74. The number of carbonyl (C=O) groups is 2. The van der Waals surface area contributed by atoms with Gasteiger partial charge in [0, 0.05) is 24.0 Å². The number of benzene rings is 2. The van der Waals surface area contributed by atoms with Crippen LogP contribution in [0, 0.1) is 5.82 Å². The molecule has 5 nitrogen and oxygen atoms in total. The van der Waals surface area contributed by atoms with Gasteiger partial charge >= 0.3 is 6.09 Å². The molecule has 0 saturated carbocycles. The summed E-state index contributed by atoms with van der Waals surface area (Å²) >= 11 is 0. The van der Waals surface area contributed by atoms with Crippen molar-refractivity contribution in [1.82, 2.24) is 0 Å². The predicted octanol–water partition coefficient (Wildman–Crippen LogP) is 5.37. The van der Waals surface area contributed by atoms with E-state index in [1.54, 1.807) is 13.1 Å². The van der Waals surface area contributed by atoms with E-state index < -0.39 is 11.4 Å². The van der Waals surface area contributed by atoms with Gasteiger partial charge in [0.05, 0.1) is 11.3 Å². The molecule has 0 bridgehead atoms. The number of ether oxygens (including phenoxy) is 1. The maximum atomic E-state index is 13.8. The van der Waals surface area contributed by atoms with Gasteiger partial charge in [-0.25, -0.2) is 9.18 Å². The Bertz CT molecular complexity index is 906. The molecular formula is C21H23FN2O3. The molecule has 1 N–H and O–H groups in total. The normalized spacial score (nSPS) is 15.1. The van der Waals surface area contributed by atoms with Crippen molar-refractivity contribution in [1.29, 1.82) is 0 Å². The quantitative estimate of drug-likeness (QED) is 0.719. The van der Waals surface area contributed by atoms with Crippen LogP contribution in [-0.2, 0) is 10.3 Å². The third-order valence-corrected chi connectivity index (χ3v) is 5.18. The fourth-order valence-electron chi connectivity index (χ4n) is 3.47. The first-order valence-electron chi connectivity index (χ1n) is 9.00. The Hall–Kier alpha value is -2.89. The summed E-state index contributed by atoms with van der Waals surface area (Å²) in [6.45, 7) is 5.32. The van der Waals surface area contributed by atoms with Crippen LogP contribution in [0.5, 0.6) is 0 Å². The molecular weight excluding hydrogens is 347 g/mol. The number of ketones is 1. The van der Waals surface area contributed by atoms with Gasteiger partial charge in [-0.1, -0.05) is 13.8 Å². The largest absolute Gasteiger partial charge is 0.438 e. The summed E-state index contributed by atoms with van der Waals surface area (Å²) in [5.74, 6) is -0.867. The van der Waals surface area contributed by atoms with Crippen molar-refractivity contribution in [2.45, 2.75) is 39.2 Å². The van der Waals surface area contributed by atoms with E-state index in [1.165, 1.54) is 24.0 Å². The van der Waals surface area contributed by atoms with Crippen molar-refractivity contribution in [2.24, 2.45) is 0 Å². The maximum absolute atomic E-state index is 13.8. The van der Waals surface area contributed by atoms with Gasteiger partial charge < -0.3 is 10.1 Å². The molecule has 0 unspecified atom stereocenters. The lowest BCUT2D eigenvalue weighted by atomic mass is 9.85. The van der Waals surface area contributed by atoms with E-state index in [0.717, 1.165) is 16.9 Å². The topological polar surface area (TPSA) is 58.6 Å². The molecule has 142 valence electrons. The molecule has 1 heterocycles. The first-order valence-corrected chi connectivity index (χ1v) is 9.00. The number of rotatable bonds is 5. The Morgan fingerprint density at radius 1 is 1.15 bits per heavy atom. The molecule has 0 aliphatic carbocycles. The number of anilines is 3. The summed E-state index contributed by atoms with van der Waals surface area (Å²) < 4.78 is 19.5. The third kappa shape index (κ3) is 3.27. The minimum Gasteiger partial charge on any atom is -0.438 e. The highest BCUT2D eigenvalue weighted by molar-refractivity contribution is 5.95. The van der Waals surface area contributed by atoms with Gasteiger partial charge in [-0.3, -0.25) is 9.69 Å². The van der Waals surface area contributed by atoms with Gasteiger partial charge in [0.1, 0.15) is 11.4 Å². The van der Waals surface area contributed by atoms with E-state index in [1.807, 2.05) is 32.0 Å². The number of halogens is 1. The second kappa shape index (κ2) is 7.02. The Kier molecular flexibility index (Phi) is 4.91. The number of amides is 1. The third-order valence-electron chi connectivity index (χ3n) is 5.18. The van der Waals surface area contributed by atoms with Crippen molar-refractivity contribution in [3.05, 3.63) is 53.3 Å². The van der Waals surface area contributed by atoms with Gasteiger partial charge in [-0.15, -0.1) is 0 Å². The summed E-state index contributed by atoms with van der Waals surface area (Å²) in [6, 6.07) is 10.0. The van der Waals surface area contributed by atoms with Gasteiger partial charge in [-0.2, -0.15) is 0 Å². The van der Waals surface area contributed by atoms with Crippen LogP contribution >= 0.6 is 0 Å². The molecule has 1 aliphatic heterocycles. The number of fused-ring (bicyclic) bond motifs is 1. The lowest BCUT2D eigenvalue weighted by molar-refractivity contribution is -0.000188. The summed E-state index contributed by atoms with van der Waals surface area (Å²) in [5.41, 5.74) is 2.48. The van der Waals surface area contributed by atoms with Crippen molar-refractivity contribution in [2.75, 3.05) is 17.3 Å². The molecule has 0 fully saturated rings. The van der Waals surface area contributed by atoms with Crippen LogP contribution in [0.25, 0.3) is 0 Å². The number of hydrogen-bond acceptors (Lipinski definition) is 4. The van der Waals surface area contributed by atoms with E-state index in [9.17, 15) is 14.0 Å². The molecule has 1 aliphatic rings. The summed E-state index contributed by atoms with van der Waals surface area (Å²) in [6.07, 6.45) is 0.950. The zero-order valence-electron chi connectivity index (χ0n) is 15.9. The van der Waals surface area contributed by atoms with E-state index in [0.29, 0.717) is 18.5 Å². The van der Waals surface area contributed by atoms with Crippen LogP contribution in [0.15, 0.2) is 36.4 Å². The number of Topliss-reactive ketones (excluding diaryl/α,β-unsaturated/α-hetero) is 1. The molecule has 0 atom stereocenters. The zero-order valence-corrected chi connectivity index (χ0v) is 15.9. The number of cyclic esters (lactones) is 1. The Morgan fingerprint density at radius 2 is 1.78 bits per heavy atom. The standard InChI is InChI=1S/C21H23FN2O3/c1-5-21(6-2)17-12-15(8-10-19(17)24(4)20(26)27-21)23-14-7-9-18(22)16(11-14)13(3)25/h7-12,23H,5-6H2,1-4H3. The van der Waals surface area contributed by atoms with Crippen LogP contribution in [0.2, 0.25) is 0 Å². The Balaban J connectivity index is 2.02. The number of nitrogens with zero attached hydrogens (tertiary/aromatic N) is 1. The Labute approximate surface area is 158 Å². The van der Waals surface area contributed by atoms with Crippen LogP contribution in [0.1, 0.15) is 49.5 Å². The summed E-state index contributed by atoms with van der Waals surface area (Å²) in [4.78, 5) is 25.3. The highest BCUT2D eigenvalue weighted by Gasteiger charge is 2.41. The second-order valence-electron chi connectivity index (χ2n) is 6.74. The minimum absolute atomic E-state index is 0.0445. The molecule has 27 heavy (non-hydrogen) atoms. The zero-order chi connectivity index (χ0) is 19.8. The molecule has 0 spiro atoms. The van der Waals surface area contributed by atoms with E-state index in [2.05, 4.69) is 5.32 Å². The highest BCUT2D eigenvalue weighted by Crippen LogP contribution is 2.44.